The molecule has 0 saturated heterocycles. The molecular formula is C20H22BrNO2. The van der Waals surface area contributed by atoms with Crippen molar-refractivity contribution >= 4 is 27.5 Å². The number of rotatable bonds is 5. The minimum Gasteiger partial charge on any atom is -0.484 e. The average Bonchev–Trinajstić information content (AvgIpc) is 2.61. The van der Waals surface area contributed by atoms with Crippen LogP contribution in [0.3, 0.4) is 0 Å². The first-order valence-corrected chi connectivity index (χ1v) is 9.28. The molecule has 0 aliphatic heterocycles. The third-order valence-corrected chi connectivity index (χ3v) is 4.93. The van der Waals surface area contributed by atoms with Crippen molar-refractivity contribution in [2.45, 2.75) is 38.0 Å². The SMILES string of the molecule is O=C(COc1ccc(C2CCCCC2)cc1)Nc1cccc(Br)c1. The van der Waals surface area contributed by atoms with Gasteiger partial charge in [0.15, 0.2) is 6.61 Å². The predicted octanol–water partition coefficient (Wildman–Crippen LogP) is 5.51. The summed E-state index contributed by atoms with van der Waals surface area (Å²) in [5, 5.41) is 2.82. The molecule has 0 bridgehead atoms. The molecule has 1 aliphatic rings. The molecule has 0 radical (unpaired) electrons. The second-order valence-electron chi connectivity index (χ2n) is 6.25. The Hall–Kier alpha value is -1.81. The summed E-state index contributed by atoms with van der Waals surface area (Å²) >= 11 is 3.38. The van der Waals surface area contributed by atoms with Crippen LogP contribution < -0.4 is 10.1 Å². The molecule has 2 aromatic rings. The lowest BCUT2D eigenvalue weighted by molar-refractivity contribution is -0.118. The van der Waals surface area contributed by atoms with Crippen molar-refractivity contribution in [2.75, 3.05) is 11.9 Å². The predicted molar refractivity (Wildman–Crippen MR) is 101 cm³/mol. The van der Waals surface area contributed by atoms with Crippen LogP contribution in [0.2, 0.25) is 0 Å². The highest BCUT2D eigenvalue weighted by molar-refractivity contribution is 9.10. The molecule has 1 amide bonds. The number of halogens is 1. The Labute approximate surface area is 151 Å². The highest BCUT2D eigenvalue weighted by atomic mass is 79.9. The first-order valence-electron chi connectivity index (χ1n) is 8.49. The van der Waals surface area contributed by atoms with Gasteiger partial charge in [-0.15, -0.1) is 0 Å². The molecule has 126 valence electrons. The van der Waals surface area contributed by atoms with Crippen LogP contribution in [0.1, 0.15) is 43.6 Å². The molecule has 1 saturated carbocycles. The van der Waals surface area contributed by atoms with Gasteiger partial charge in [-0.1, -0.05) is 53.4 Å². The van der Waals surface area contributed by atoms with Gasteiger partial charge in [-0.25, -0.2) is 0 Å². The van der Waals surface area contributed by atoms with Crippen molar-refractivity contribution in [1.82, 2.24) is 0 Å². The van der Waals surface area contributed by atoms with Crippen molar-refractivity contribution in [2.24, 2.45) is 0 Å². The van der Waals surface area contributed by atoms with Gasteiger partial charge in [0.1, 0.15) is 5.75 Å². The normalized spacial score (nSPS) is 15.0. The summed E-state index contributed by atoms with van der Waals surface area (Å²) in [6, 6.07) is 15.7. The van der Waals surface area contributed by atoms with Gasteiger partial charge in [-0.3, -0.25) is 4.79 Å². The van der Waals surface area contributed by atoms with Crippen molar-refractivity contribution in [3.63, 3.8) is 0 Å². The van der Waals surface area contributed by atoms with Crippen molar-refractivity contribution < 1.29 is 9.53 Å². The van der Waals surface area contributed by atoms with E-state index in [2.05, 4.69) is 33.4 Å². The van der Waals surface area contributed by atoms with E-state index in [0.29, 0.717) is 5.92 Å². The zero-order valence-electron chi connectivity index (χ0n) is 13.6. The van der Waals surface area contributed by atoms with Crippen LogP contribution in [-0.4, -0.2) is 12.5 Å². The molecule has 0 aromatic heterocycles. The zero-order valence-corrected chi connectivity index (χ0v) is 15.2. The van der Waals surface area contributed by atoms with E-state index in [0.717, 1.165) is 15.9 Å². The Morgan fingerprint density at radius 3 is 2.54 bits per heavy atom. The van der Waals surface area contributed by atoms with Crippen molar-refractivity contribution in [1.29, 1.82) is 0 Å². The number of hydrogen-bond acceptors (Lipinski definition) is 2. The van der Waals surface area contributed by atoms with E-state index in [1.807, 2.05) is 36.4 Å². The molecule has 0 spiro atoms. The minimum atomic E-state index is -0.163. The fraction of sp³-hybridized carbons (Fsp3) is 0.350. The first-order chi connectivity index (χ1) is 11.7. The summed E-state index contributed by atoms with van der Waals surface area (Å²) in [7, 11) is 0. The Balaban J connectivity index is 1.50. The average molecular weight is 388 g/mol. The smallest absolute Gasteiger partial charge is 0.262 e. The molecule has 2 aromatic carbocycles. The van der Waals surface area contributed by atoms with Crippen LogP contribution >= 0.6 is 15.9 Å². The van der Waals surface area contributed by atoms with Gasteiger partial charge < -0.3 is 10.1 Å². The maximum absolute atomic E-state index is 12.0. The fourth-order valence-corrected chi connectivity index (χ4v) is 3.58. The van der Waals surface area contributed by atoms with Crippen LogP contribution in [0.25, 0.3) is 0 Å². The van der Waals surface area contributed by atoms with Gasteiger partial charge in [0, 0.05) is 10.2 Å². The molecule has 24 heavy (non-hydrogen) atoms. The number of anilines is 1. The second kappa shape index (κ2) is 8.34. The number of hydrogen-bond donors (Lipinski definition) is 1. The maximum atomic E-state index is 12.0. The van der Waals surface area contributed by atoms with E-state index >= 15 is 0 Å². The number of benzene rings is 2. The zero-order chi connectivity index (χ0) is 16.8. The van der Waals surface area contributed by atoms with E-state index in [4.69, 9.17) is 4.74 Å². The van der Waals surface area contributed by atoms with Gasteiger partial charge in [0.25, 0.3) is 5.91 Å². The summed E-state index contributed by atoms with van der Waals surface area (Å²) in [6.45, 7) is 0.00921. The summed E-state index contributed by atoms with van der Waals surface area (Å²) in [5.74, 6) is 1.26. The molecule has 0 heterocycles. The second-order valence-corrected chi connectivity index (χ2v) is 7.17. The van der Waals surface area contributed by atoms with E-state index in [1.165, 1.54) is 37.7 Å². The Morgan fingerprint density at radius 1 is 1.08 bits per heavy atom. The maximum Gasteiger partial charge on any atom is 0.262 e. The van der Waals surface area contributed by atoms with Gasteiger partial charge >= 0.3 is 0 Å². The molecule has 0 atom stereocenters. The van der Waals surface area contributed by atoms with Gasteiger partial charge in [0.05, 0.1) is 0 Å². The van der Waals surface area contributed by atoms with E-state index in [1.54, 1.807) is 0 Å². The monoisotopic (exact) mass is 387 g/mol. The van der Waals surface area contributed by atoms with E-state index in [-0.39, 0.29) is 12.5 Å². The number of carbonyl (C=O) groups is 1. The summed E-state index contributed by atoms with van der Waals surface area (Å²) in [4.78, 5) is 12.0. The van der Waals surface area contributed by atoms with Crippen molar-refractivity contribution in [3.05, 3.63) is 58.6 Å². The summed E-state index contributed by atoms with van der Waals surface area (Å²) in [6.07, 6.45) is 6.60. The van der Waals surface area contributed by atoms with Crippen LogP contribution in [0, 0.1) is 0 Å². The lowest BCUT2D eigenvalue weighted by Gasteiger charge is -2.22. The Kier molecular flexibility index (Phi) is 5.91. The summed E-state index contributed by atoms with van der Waals surface area (Å²) in [5.41, 5.74) is 2.14. The highest BCUT2D eigenvalue weighted by Gasteiger charge is 2.15. The third-order valence-electron chi connectivity index (χ3n) is 4.43. The molecule has 1 aliphatic carbocycles. The largest absolute Gasteiger partial charge is 0.484 e. The van der Waals surface area contributed by atoms with Crippen LogP contribution in [0.4, 0.5) is 5.69 Å². The number of amides is 1. The van der Waals surface area contributed by atoms with E-state index in [9.17, 15) is 4.79 Å². The quantitative estimate of drug-likeness (QED) is 0.733. The number of ether oxygens (including phenoxy) is 1. The van der Waals surface area contributed by atoms with Gasteiger partial charge in [-0.2, -0.15) is 0 Å². The molecule has 1 N–H and O–H groups in total. The van der Waals surface area contributed by atoms with Crippen molar-refractivity contribution in [3.8, 4) is 5.75 Å². The van der Waals surface area contributed by atoms with Crippen LogP contribution in [0.15, 0.2) is 53.0 Å². The van der Waals surface area contributed by atoms with Crippen LogP contribution in [-0.2, 0) is 4.79 Å². The molecule has 1 fully saturated rings. The molecule has 0 unspecified atom stereocenters. The minimum absolute atomic E-state index is 0.00921. The summed E-state index contributed by atoms with van der Waals surface area (Å²) < 4.78 is 6.52. The fourth-order valence-electron chi connectivity index (χ4n) is 3.18. The van der Waals surface area contributed by atoms with Gasteiger partial charge in [0.2, 0.25) is 0 Å². The van der Waals surface area contributed by atoms with Crippen LogP contribution in [0.5, 0.6) is 5.75 Å². The lowest BCUT2D eigenvalue weighted by atomic mass is 9.84. The van der Waals surface area contributed by atoms with E-state index < -0.39 is 0 Å². The highest BCUT2D eigenvalue weighted by Crippen LogP contribution is 2.33. The molecular weight excluding hydrogens is 366 g/mol. The third kappa shape index (κ3) is 4.84. The number of carbonyl (C=O) groups excluding carboxylic acids is 1. The lowest BCUT2D eigenvalue weighted by Crippen LogP contribution is -2.20. The molecule has 3 rings (SSSR count). The Bertz CT molecular complexity index is 678. The standard InChI is InChI=1S/C20H22BrNO2/c21-17-7-4-8-18(13-17)22-20(23)14-24-19-11-9-16(10-12-19)15-5-2-1-3-6-15/h4,7-13,15H,1-3,5-6,14H2,(H,22,23). The number of nitrogens with one attached hydrogen (secondary N) is 1. The molecule has 4 heteroatoms. The Morgan fingerprint density at radius 2 is 1.83 bits per heavy atom. The molecule has 3 nitrogen and oxygen atoms in total. The van der Waals surface area contributed by atoms with Gasteiger partial charge in [-0.05, 0) is 54.7 Å². The topological polar surface area (TPSA) is 38.3 Å². The first kappa shape index (κ1) is 17.0.